The van der Waals surface area contributed by atoms with E-state index in [1.807, 2.05) is 12.1 Å². The number of carboxylic acid groups (broad SMARTS) is 1. The van der Waals surface area contributed by atoms with E-state index in [9.17, 15) is 32.7 Å². The molecule has 1 aliphatic carbocycles. The van der Waals surface area contributed by atoms with Crippen LogP contribution in [0, 0.1) is 11.8 Å². The Bertz CT molecular complexity index is 2180. The maximum atomic E-state index is 13.8. The van der Waals surface area contributed by atoms with Gasteiger partial charge in [-0.25, -0.2) is 27.8 Å². The first-order chi connectivity index (χ1) is 28.1. The molecule has 0 bridgehead atoms. The second-order valence-corrected chi connectivity index (χ2v) is 17.7. The fourth-order valence-electron chi connectivity index (χ4n) is 7.16. The first-order valence-corrected chi connectivity index (χ1v) is 21.1. The molecule has 1 saturated heterocycles. The third-order valence-electron chi connectivity index (χ3n) is 10.4. The van der Waals surface area contributed by atoms with Gasteiger partial charge in [-0.2, -0.15) is 0 Å². The van der Waals surface area contributed by atoms with Gasteiger partial charge in [-0.05, 0) is 117 Å². The highest BCUT2D eigenvalue weighted by atomic mass is 32.2. The number of amides is 4. The minimum Gasteiger partial charge on any atom is -0.465 e. The summed E-state index contributed by atoms with van der Waals surface area (Å²) in [6.07, 6.45) is 4.92. The molecule has 1 saturated carbocycles. The summed E-state index contributed by atoms with van der Waals surface area (Å²) in [5.74, 6) is -0.254. The molecule has 19 heteroatoms. The number of alkyl carbamates (subject to hydrolysis) is 1. The average Bonchev–Trinajstić information content (AvgIpc) is 3.75. The van der Waals surface area contributed by atoms with E-state index in [-0.39, 0.29) is 42.1 Å². The van der Waals surface area contributed by atoms with Crippen molar-refractivity contribution in [2.75, 3.05) is 25.0 Å². The summed E-state index contributed by atoms with van der Waals surface area (Å²) in [7, 11) is -3.93. The van der Waals surface area contributed by atoms with Gasteiger partial charge in [0.15, 0.2) is 5.82 Å². The van der Waals surface area contributed by atoms with E-state index in [4.69, 9.17) is 4.74 Å². The van der Waals surface area contributed by atoms with E-state index < -0.39 is 45.8 Å². The maximum absolute atomic E-state index is 13.8. The SMILES string of the molecule is CC(C)(C)OC(=O)NC[C@H]1CC[C@H](C(=O)N[C@@H](Cc2ccc(-c3cncc(S(=O)(=O)NC4CCN(C(=O)O)CC4)c3)cc2)C(=O)Nc2ccc(-c3nnn[nH]3)cc2)CC1. The fraction of sp³-hybridized carbons (Fsp3) is 0.450. The van der Waals surface area contributed by atoms with Crippen molar-refractivity contribution >= 4 is 39.7 Å². The van der Waals surface area contributed by atoms with E-state index in [0.717, 1.165) is 24.0 Å². The van der Waals surface area contributed by atoms with E-state index in [1.54, 1.807) is 63.4 Å². The zero-order valence-corrected chi connectivity index (χ0v) is 34.0. The Morgan fingerprint density at radius 1 is 0.915 bits per heavy atom. The summed E-state index contributed by atoms with van der Waals surface area (Å²) in [6.45, 7) is 6.36. The first-order valence-electron chi connectivity index (χ1n) is 19.6. The number of carbonyl (C=O) groups is 4. The summed E-state index contributed by atoms with van der Waals surface area (Å²) < 4.78 is 34.6. The molecule has 3 heterocycles. The van der Waals surface area contributed by atoms with Gasteiger partial charge in [0.25, 0.3) is 0 Å². The second kappa shape index (κ2) is 18.8. The van der Waals surface area contributed by atoms with Crippen LogP contribution >= 0.6 is 0 Å². The quantitative estimate of drug-likeness (QED) is 0.110. The van der Waals surface area contributed by atoms with Crippen molar-refractivity contribution in [3.05, 3.63) is 72.6 Å². The number of hydrogen-bond acceptors (Lipinski definition) is 11. The summed E-state index contributed by atoms with van der Waals surface area (Å²) in [5, 5.41) is 31.8. The molecular formula is C40H50N10O8S. The van der Waals surface area contributed by atoms with Crippen LogP contribution in [0.15, 0.2) is 71.9 Å². The van der Waals surface area contributed by atoms with E-state index in [1.165, 1.54) is 17.2 Å². The third-order valence-corrected chi connectivity index (χ3v) is 11.9. The minimum absolute atomic E-state index is 0.0157. The molecule has 4 amide bonds. The largest absolute Gasteiger partial charge is 0.465 e. The molecule has 1 atom stereocenters. The lowest BCUT2D eigenvalue weighted by Crippen LogP contribution is -2.48. The lowest BCUT2D eigenvalue weighted by atomic mass is 9.81. The molecule has 4 aromatic rings. The highest BCUT2D eigenvalue weighted by molar-refractivity contribution is 7.89. The van der Waals surface area contributed by atoms with Gasteiger partial charge in [0.1, 0.15) is 16.5 Å². The molecule has 314 valence electrons. The molecule has 18 nitrogen and oxygen atoms in total. The van der Waals surface area contributed by atoms with Crippen molar-refractivity contribution in [2.45, 2.75) is 88.3 Å². The Labute approximate surface area is 342 Å². The zero-order valence-electron chi connectivity index (χ0n) is 33.2. The van der Waals surface area contributed by atoms with Crippen LogP contribution in [0.5, 0.6) is 0 Å². The number of hydrogen-bond donors (Lipinski definition) is 6. The van der Waals surface area contributed by atoms with Gasteiger partial charge in [0, 0.05) is 67.2 Å². The fourth-order valence-corrected chi connectivity index (χ4v) is 8.45. The Balaban J connectivity index is 1.11. The number of nitrogens with zero attached hydrogens (tertiary/aromatic N) is 5. The summed E-state index contributed by atoms with van der Waals surface area (Å²) >= 11 is 0. The Morgan fingerprint density at radius 2 is 1.59 bits per heavy atom. The highest BCUT2D eigenvalue weighted by Crippen LogP contribution is 2.29. The molecule has 2 fully saturated rings. The van der Waals surface area contributed by atoms with Gasteiger partial charge in [-0.15, -0.1) is 5.10 Å². The van der Waals surface area contributed by atoms with Crippen LogP contribution in [-0.2, 0) is 30.8 Å². The normalized spacial score (nSPS) is 18.1. The van der Waals surface area contributed by atoms with Crippen LogP contribution in [0.25, 0.3) is 22.5 Å². The number of H-pyrrole nitrogens is 1. The Hall–Kier alpha value is -5.95. The maximum Gasteiger partial charge on any atom is 0.407 e. The van der Waals surface area contributed by atoms with Gasteiger partial charge in [-0.1, -0.05) is 24.3 Å². The number of likely N-dealkylation sites (tertiary alicyclic amines) is 1. The molecule has 2 aliphatic rings. The minimum atomic E-state index is -3.93. The van der Waals surface area contributed by atoms with E-state index in [2.05, 4.69) is 46.3 Å². The van der Waals surface area contributed by atoms with Gasteiger partial charge in [0.05, 0.1) is 0 Å². The van der Waals surface area contributed by atoms with Gasteiger partial charge >= 0.3 is 12.2 Å². The van der Waals surface area contributed by atoms with Crippen molar-refractivity contribution in [2.24, 2.45) is 11.8 Å². The number of benzene rings is 2. The standard InChI is InChI=1S/C40H50N10O8S/c1-40(2,3)58-38(53)42-22-26-6-10-29(11-7-26)36(51)44-34(37(52)43-31-14-12-28(13-15-31)35-45-48-49-46-35)20-25-4-8-27(9-5-25)30-21-33(24-41-23-30)59(56,57)47-32-16-18-50(19-17-32)39(54)55/h4-5,8-9,12-15,21,23-24,26,29,32,34,47H,6-7,10-11,16-20,22H2,1-3H3,(H,42,53)(H,43,52)(H,44,51)(H,54,55)(H,45,46,48,49)/t26-,29-,34-/m0/s1. The first kappa shape index (κ1) is 42.7. The van der Waals surface area contributed by atoms with Gasteiger partial charge in [-0.3, -0.25) is 14.6 Å². The monoisotopic (exact) mass is 830 g/mol. The van der Waals surface area contributed by atoms with Crippen molar-refractivity contribution < 1.29 is 37.4 Å². The Morgan fingerprint density at radius 3 is 2.22 bits per heavy atom. The van der Waals surface area contributed by atoms with Crippen LogP contribution in [0.1, 0.15) is 64.9 Å². The zero-order chi connectivity index (χ0) is 42.2. The topological polar surface area (TPSA) is 251 Å². The number of pyridine rings is 1. The molecule has 2 aromatic carbocycles. The number of rotatable bonds is 13. The predicted octanol–water partition coefficient (Wildman–Crippen LogP) is 4.35. The molecule has 6 N–H and O–H groups in total. The number of piperidine rings is 1. The number of ether oxygens (including phenoxy) is 1. The molecule has 1 aliphatic heterocycles. The van der Waals surface area contributed by atoms with Gasteiger partial charge < -0.3 is 30.7 Å². The highest BCUT2D eigenvalue weighted by Gasteiger charge is 2.31. The van der Waals surface area contributed by atoms with Crippen LogP contribution < -0.4 is 20.7 Å². The molecular weight excluding hydrogens is 781 g/mol. The predicted molar refractivity (Wildman–Crippen MR) is 216 cm³/mol. The summed E-state index contributed by atoms with van der Waals surface area (Å²) in [4.78, 5) is 56.4. The number of sulfonamides is 1. The van der Waals surface area contributed by atoms with E-state index in [0.29, 0.717) is 54.9 Å². The van der Waals surface area contributed by atoms with Crippen LogP contribution in [-0.4, -0.2) is 105 Å². The van der Waals surface area contributed by atoms with Crippen molar-refractivity contribution in [3.63, 3.8) is 0 Å². The lowest BCUT2D eigenvalue weighted by molar-refractivity contribution is -0.130. The lowest BCUT2D eigenvalue weighted by Gasteiger charge is -2.30. The van der Waals surface area contributed by atoms with Crippen LogP contribution in [0.4, 0.5) is 15.3 Å². The molecule has 0 spiro atoms. The van der Waals surface area contributed by atoms with Crippen LogP contribution in [0.2, 0.25) is 0 Å². The number of carbonyl (C=O) groups excluding carboxylic acids is 3. The number of tetrazole rings is 1. The average molecular weight is 831 g/mol. The summed E-state index contributed by atoms with van der Waals surface area (Å²) in [5.41, 5.74) is 2.65. The van der Waals surface area contributed by atoms with Crippen molar-refractivity contribution in [1.82, 2.24) is 45.9 Å². The molecule has 0 radical (unpaired) electrons. The smallest absolute Gasteiger partial charge is 0.407 e. The van der Waals surface area contributed by atoms with E-state index >= 15 is 0 Å². The summed E-state index contributed by atoms with van der Waals surface area (Å²) in [6, 6.07) is 14.4. The number of aromatic nitrogens is 5. The number of aromatic amines is 1. The molecule has 0 unspecified atom stereocenters. The number of anilines is 1. The molecule has 2 aromatic heterocycles. The van der Waals surface area contributed by atoms with Crippen LogP contribution in [0.3, 0.4) is 0 Å². The van der Waals surface area contributed by atoms with Gasteiger partial charge in [0.2, 0.25) is 21.8 Å². The molecule has 59 heavy (non-hydrogen) atoms. The second-order valence-electron chi connectivity index (χ2n) is 16.0. The van der Waals surface area contributed by atoms with Crippen molar-refractivity contribution in [3.8, 4) is 22.5 Å². The number of nitrogens with one attached hydrogen (secondary N) is 5. The molecule has 6 rings (SSSR count). The Kier molecular flexibility index (Phi) is 13.6. The van der Waals surface area contributed by atoms with Crippen molar-refractivity contribution in [1.29, 1.82) is 0 Å². The third kappa shape index (κ3) is 12.0.